The molecule has 0 fully saturated rings. The molecule has 0 radical (unpaired) electrons. The third-order valence-corrected chi connectivity index (χ3v) is 3.34. The molecule has 0 saturated carbocycles. The van der Waals surface area contributed by atoms with Crippen LogP contribution in [-0.4, -0.2) is 9.97 Å². The van der Waals surface area contributed by atoms with Crippen molar-refractivity contribution in [2.24, 2.45) is 5.84 Å². The van der Waals surface area contributed by atoms with Crippen molar-refractivity contribution in [1.29, 1.82) is 0 Å². The average molecular weight is 264 g/mol. The van der Waals surface area contributed by atoms with Crippen molar-refractivity contribution in [3.05, 3.63) is 71.7 Å². The van der Waals surface area contributed by atoms with Crippen molar-refractivity contribution in [1.82, 2.24) is 15.4 Å². The Morgan fingerprint density at radius 1 is 1.10 bits per heavy atom. The molecule has 1 aromatic carbocycles. The van der Waals surface area contributed by atoms with Gasteiger partial charge in [0, 0.05) is 17.3 Å². The molecule has 0 aliphatic rings. The number of aromatic nitrogens is 2. The minimum atomic E-state index is -0.138. The van der Waals surface area contributed by atoms with E-state index in [1.54, 1.807) is 6.20 Å². The summed E-state index contributed by atoms with van der Waals surface area (Å²) in [5, 5.41) is 1.12. The molecule has 0 spiro atoms. The molecule has 4 nitrogen and oxygen atoms in total. The molecule has 0 amide bonds. The highest BCUT2D eigenvalue weighted by Crippen LogP contribution is 2.23. The first kappa shape index (κ1) is 12.7. The minimum absolute atomic E-state index is 0.138. The lowest BCUT2D eigenvalue weighted by Crippen LogP contribution is -2.29. The number of pyridine rings is 2. The van der Waals surface area contributed by atoms with E-state index in [0.29, 0.717) is 0 Å². The van der Waals surface area contributed by atoms with E-state index in [0.717, 1.165) is 27.9 Å². The van der Waals surface area contributed by atoms with Crippen LogP contribution in [0.4, 0.5) is 0 Å². The number of rotatable bonds is 3. The highest BCUT2D eigenvalue weighted by atomic mass is 15.2. The van der Waals surface area contributed by atoms with E-state index in [-0.39, 0.29) is 6.04 Å². The average Bonchev–Trinajstić information content (AvgIpc) is 2.48. The van der Waals surface area contributed by atoms with Crippen LogP contribution in [0.1, 0.15) is 23.0 Å². The highest BCUT2D eigenvalue weighted by Gasteiger charge is 2.14. The van der Waals surface area contributed by atoms with E-state index in [4.69, 9.17) is 5.84 Å². The van der Waals surface area contributed by atoms with Crippen LogP contribution in [0, 0.1) is 6.92 Å². The van der Waals surface area contributed by atoms with Gasteiger partial charge in [-0.2, -0.15) is 0 Å². The lowest BCUT2D eigenvalue weighted by molar-refractivity contribution is 0.619. The Labute approximate surface area is 117 Å². The van der Waals surface area contributed by atoms with E-state index in [1.165, 1.54) is 0 Å². The van der Waals surface area contributed by atoms with Crippen molar-refractivity contribution in [3.8, 4) is 0 Å². The summed E-state index contributed by atoms with van der Waals surface area (Å²) in [7, 11) is 0. The van der Waals surface area contributed by atoms with Crippen LogP contribution in [0.2, 0.25) is 0 Å². The minimum Gasteiger partial charge on any atom is -0.271 e. The van der Waals surface area contributed by atoms with Crippen LogP contribution in [0.15, 0.2) is 54.7 Å². The fraction of sp³-hybridized carbons (Fsp3) is 0.125. The fourth-order valence-corrected chi connectivity index (χ4v) is 2.34. The molecule has 0 saturated heterocycles. The molecule has 100 valence electrons. The Morgan fingerprint density at radius 2 is 2.00 bits per heavy atom. The molecule has 4 heteroatoms. The molecule has 3 N–H and O–H groups in total. The summed E-state index contributed by atoms with van der Waals surface area (Å²) in [4.78, 5) is 8.92. The normalized spacial score (nSPS) is 12.5. The maximum atomic E-state index is 5.72. The Morgan fingerprint density at radius 3 is 2.80 bits per heavy atom. The van der Waals surface area contributed by atoms with Crippen molar-refractivity contribution in [2.75, 3.05) is 0 Å². The molecule has 1 unspecified atom stereocenters. The third kappa shape index (κ3) is 2.39. The van der Waals surface area contributed by atoms with Gasteiger partial charge in [0.25, 0.3) is 0 Å². The topological polar surface area (TPSA) is 63.8 Å². The molecule has 0 aliphatic carbocycles. The molecular formula is C16H16N4. The third-order valence-electron chi connectivity index (χ3n) is 3.34. The quantitative estimate of drug-likeness (QED) is 0.563. The lowest BCUT2D eigenvalue weighted by atomic mass is 10.0. The monoisotopic (exact) mass is 264 g/mol. The van der Waals surface area contributed by atoms with Crippen molar-refractivity contribution in [3.63, 3.8) is 0 Å². The van der Waals surface area contributed by atoms with Gasteiger partial charge in [0.1, 0.15) is 0 Å². The summed E-state index contributed by atoms with van der Waals surface area (Å²) < 4.78 is 0. The van der Waals surface area contributed by atoms with Gasteiger partial charge in [0.2, 0.25) is 0 Å². The molecule has 3 aromatic rings. The van der Waals surface area contributed by atoms with Gasteiger partial charge in [0.05, 0.1) is 17.3 Å². The predicted octanol–water partition coefficient (Wildman–Crippen LogP) is 2.49. The van der Waals surface area contributed by atoms with Crippen LogP contribution in [0.3, 0.4) is 0 Å². The summed E-state index contributed by atoms with van der Waals surface area (Å²) in [5.41, 5.74) is 6.72. The molecule has 20 heavy (non-hydrogen) atoms. The SMILES string of the molecule is Cc1cccc(C(NN)c2ccc3cccnc3c2)n1. The number of hydrazine groups is 1. The van der Waals surface area contributed by atoms with Gasteiger partial charge in [-0.1, -0.05) is 24.3 Å². The number of nitrogens with one attached hydrogen (secondary N) is 1. The zero-order valence-corrected chi connectivity index (χ0v) is 11.2. The summed E-state index contributed by atoms with van der Waals surface area (Å²) in [6.07, 6.45) is 1.79. The van der Waals surface area contributed by atoms with Gasteiger partial charge in [-0.05, 0) is 36.8 Å². The number of fused-ring (bicyclic) bond motifs is 1. The first-order valence-electron chi connectivity index (χ1n) is 6.52. The van der Waals surface area contributed by atoms with E-state index >= 15 is 0 Å². The number of nitrogens with two attached hydrogens (primary N) is 1. The van der Waals surface area contributed by atoms with Gasteiger partial charge in [-0.25, -0.2) is 5.43 Å². The van der Waals surface area contributed by atoms with Gasteiger partial charge < -0.3 is 0 Å². The van der Waals surface area contributed by atoms with Crippen LogP contribution in [0.5, 0.6) is 0 Å². The maximum absolute atomic E-state index is 5.72. The van der Waals surface area contributed by atoms with Crippen LogP contribution in [-0.2, 0) is 0 Å². The molecule has 0 bridgehead atoms. The van der Waals surface area contributed by atoms with Gasteiger partial charge in [0.15, 0.2) is 0 Å². The fourth-order valence-electron chi connectivity index (χ4n) is 2.34. The summed E-state index contributed by atoms with van der Waals surface area (Å²) in [6, 6.07) is 15.9. The molecule has 1 atom stereocenters. The highest BCUT2D eigenvalue weighted by molar-refractivity contribution is 5.79. The van der Waals surface area contributed by atoms with Gasteiger partial charge in [-0.3, -0.25) is 15.8 Å². The smallest absolute Gasteiger partial charge is 0.0882 e. The Hall–Kier alpha value is -2.30. The Bertz CT molecular complexity index is 739. The second-order valence-corrected chi connectivity index (χ2v) is 4.76. The Balaban J connectivity index is 2.07. The predicted molar refractivity (Wildman–Crippen MR) is 79.9 cm³/mol. The molecule has 0 aliphatic heterocycles. The van der Waals surface area contributed by atoms with Crippen molar-refractivity contribution >= 4 is 10.9 Å². The number of benzene rings is 1. The summed E-state index contributed by atoms with van der Waals surface area (Å²) >= 11 is 0. The largest absolute Gasteiger partial charge is 0.271 e. The van der Waals surface area contributed by atoms with E-state index in [9.17, 15) is 0 Å². The van der Waals surface area contributed by atoms with E-state index in [2.05, 4.69) is 27.5 Å². The first-order chi connectivity index (χ1) is 9.78. The second-order valence-electron chi connectivity index (χ2n) is 4.76. The molecular weight excluding hydrogens is 248 g/mol. The van der Waals surface area contributed by atoms with Gasteiger partial charge in [-0.15, -0.1) is 0 Å². The standard InChI is InChI=1S/C16H16N4/c1-11-4-2-6-14(19-11)16(20-17)13-8-7-12-5-3-9-18-15(12)10-13/h2-10,16,20H,17H2,1H3. The van der Waals surface area contributed by atoms with Crippen LogP contribution < -0.4 is 11.3 Å². The first-order valence-corrected chi connectivity index (χ1v) is 6.52. The van der Waals surface area contributed by atoms with Crippen LogP contribution in [0.25, 0.3) is 10.9 Å². The number of hydrogen-bond acceptors (Lipinski definition) is 4. The molecule has 2 aromatic heterocycles. The van der Waals surface area contributed by atoms with Crippen LogP contribution >= 0.6 is 0 Å². The van der Waals surface area contributed by atoms with Crippen molar-refractivity contribution < 1.29 is 0 Å². The molecule has 2 heterocycles. The summed E-state index contributed by atoms with van der Waals surface area (Å²) in [5.74, 6) is 5.72. The zero-order chi connectivity index (χ0) is 13.9. The summed E-state index contributed by atoms with van der Waals surface area (Å²) in [6.45, 7) is 1.97. The number of nitrogens with zero attached hydrogens (tertiary/aromatic N) is 2. The second kappa shape index (κ2) is 5.36. The lowest BCUT2D eigenvalue weighted by Gasteiger charge is -2.16. The van der Waals surface area contributed by atoms with Crippen molar-refractivity contribution in [2.45, 2.75) is 13.0 Å². The zero-order valence-electron chi connectivity index (χ0n) is 11.2. The number of aryl methyl sites for hydroxylation is 1. The van der Waals surface area contributed by atoms with E-state index < -0.39 is 0 Å². The van der Waals surface area contributed by atoms with Gasteiger partial charge >= 0.3 is 0 Å². The maximum Gasteiger partial charge on any atom is 0.0882 e. The Kier molecular flexibility index (Phi) is 3.41. The molecule has 3 rings (SSSR count). The number of hydrogen-bond donors (Lipinski definition) is 2. The van der Waals surface area contributed by atoms with E-state index in [1.807, 2.05) is 43.3 Å².